The number of pyridine rings is 1. The van der Waals surface area contributed by atoms with Crippen LogP contribution in [0.15, 0.2) is 66.2 Å². The van der Waals surface area contributed by atoms with E-state index in [1.54, 1.807) is 25.3 Å². The molecule has 0 spiro atoms. The van der Waals surface area contributed by atoms with Gasteiger partial charge in [-0.1, -0.05) is 18.7 Å². The van der Waals surface area contributed by atoms with Crippen molar-refractivity contribution in [1.29, 1.82) is 0 Å². The van der Waals surface area contributed by atoms with E-state index in [4.69, 9.17) is 4.74 Å². The summed E-state index contributed by atoms with van der Waals surface area (Å²) in [6, 6.07) is 9.91. The van der Waals surface area contributed by atoms with E-state index < -0.39 is 5.82 Å². The number of nitrogens with zero attached hydrogens (tertiary/aromatic N) is 4. The van der Waals surface area contributed by atoms with E-state index in [1.165, 1.54) is 30.6 Å². The number of benzene rings is 2. The van der Waals surface area contributed by atoms with Crippen LogP contribution >= 0.6 is 0 Å². The number of carbonyl (C=O) groups excluding carboxylic acids is 1. The molecule has 2 aromatic carbocycles. The Kier molecular flexibility index (Phi) is 7.47. The van der Waals surface area contributed by atoms with Gasteiger partial charge in [0.25, 0.3) is 5.56 Å². The van der Waals surface area contributed by atoms with Crippen molar-refractivity contribution in [2.24, 2.45) is 0 Å². The van der Waals surface area contributed by atoms with Gasteiger partial charge in [0.1, 0.15) is 11.6 Å². The van der Waals surface area contributed by atoms with Gasteiger partial charge in [0.15, 0.2) is 0 Å². The average molecular weight is 544 g/mol. The van der Waals surface area contributed by atoms with Crippen molar-refractivity contribution in [3.8, 4) is 16.9 Å². The second-order valence-electron chi connectivity index (χ2n) is 9.70. The van der Waals surface area contributed by atoms with E-state index >= 15 is 0 Å². The van der Waals surface area contributed by atoms with Gasteiger partial charge in [-0.05, 0) is 49.9 Å². The second-order valence-corrected chi connectivity index (χ2v) is 9.70. The van der Waals surface area contributed by atoms with Gasteiger partial charge >= 0.3 is 0 Å². The van der Waals surface area contributed by atoms with Crippen LogP contribution in [0.1, 0.15) is 6.42 Å². The van der Waals surface area contributed by atoms with Gasteiger partial charge in [0.05, 0.1) is 35.1 Å². The normalized spacial score (nSPS) is 15.2. The number of carbonyl (C=O) groups is 1. The number of hydrogen-bond acceptors (Lipinski definition) is 8. The number of rotatable bonds is 8. The molecule has 1 saturated heterocycles. The van der Waals surface area contributed by atoms with E-state index in [0.29, 0.717) is 33.8 Å². The number of H-pyrrole nitrogens is 1. The van der Waals surface area contributed by atoms with Gasteiger partial charge in [0, 0.05) is 43.7 Å². The van der Waals surface area contributed by atoms with Gasteiger partial charge in [-0.3, -0.25) is 9.59 Å². The number of anilines is 4. The largest absolute Gasteiger partial charge is 0.494 e. The van der Waals surface area contributed by atoms with Gasteiger partial charge in [-0.2, -0.15) is 0 Å². The van der Waals surface area contributed by atoms with Crippen LogP contribution in [0.4, 0.5) is 27.4 Å². The van der Waals surface area contributed by atoms with Crippen LogP contribution in [0.2, 0.25) is 0 Å². The summed E-state index contributed by atoms with van der Waals surface area (Å²) in [5, 5.41) is 6.32. The number of halogens is 1. The molecule has 1 aliphatic rings. The van der Waals surface area contributed by atoms with Crippen molar-refractivity contribution in [1.82, 2.24) is 19.9 Å². The molecular weight excluding hydrogens is 513 g/mol. The summed E-state index contributed by atoms with van der Waals surface area (Å²) in [6.07, 6.45) is 5.12. The summed E-state index contributed by atoms with van der Waals surface area (Å²) in [5.41, 5.74) is 2.94. The first-order valence-electron chi connectivity index (χ1n) is 12.8. The Morgan fingerprint density at radius 2 is 2.12 bits per heavy atom. The molecule has 1 unspecified atom stereocenters. The van der Waals surface area contributed by atoms with Gasteiger partial charge in [-0.25, -0.2) is 14.4 Å². The van der Waals surface area contributed by atoms with Crippen molar-refractivity contribution in [3.05, 3.63) is 77.6 Å². The van der Waals surface area contributed by atoms with Crippen molar-refractivity contribution in [2.75, 3.05) is 49.8 Å². The number of amides is 1. The molecule has 4 aromatic rings. The molecule has 1 aliphatic heterocycles. The molecule has 1 amide bonds. The number of aromatic amines is 1. The van der Waals surface area contributed by atoms with E-state index in [9.17, 15) is 14.0 Å². The summed E-state index contributed by atoms with van der Waals surface area (Å²) >= 11 is 0. The molecule has 3 N–H and O–H groups in total. The molecule has 40 heavy (non-hydrogen) atoms. The van der Waals surface area contributed by atoms with Crippen molar-refractivity contribution in [2.45, 2.75) is 12.5 Å². The monoisotopic (exact) mass is 543 g/mol. The van der Waals surface area contributed by atoms with Crippen LogP contribution in [0.25, 0.3) is 22.0 Å². The number of hydrogen-bond donors (Lipinski definition) is 3. The van der Waals surface area contributed by atoms with E-state index in [-0.39, 0.29) is 28.8 Å². The van der Waals surface area contributed by atoms with Crippen LogP contribution in [0.3, 0.4) is 0 Å². The maximum atomic E-state index is 14.0. The van der Waals surface area contributed by atoms with E-state index in [2.05, 4.69) is 49.0 Å². The van der Waals surface area contributed by atoms with Crippen LogP contribution in [0.5, 0.6) is 5.75 Å². The number of likely N-dealkylation sites (N-methyl/N-ethyl adjacent to an activating group) is 2. The second kappa shape index (κ2) is 11.1. The lowest BCUT2D eigenvalue weighted by Gasteiger charge is -2.29. The lowest BCUT2D eigenvalue weighted by atomic mass is 10.1. The minimum Gasteiger partial charge on any atom is -0.494 e. The van der Waals surface area contributed by atoms with Crippen molar-refractivity contribution in [3.63, 3.8) is 0 Å². The quantitative estimate of drug-likeness (QED) is 0.284. The molecule has 0 radical (unpaired) electrons. The first-order chi connectivity index (χ1) is 19.3. The average Bonchev–Trinajstić information content (AvgIpc) is 3.39. The highest BCUT2D eigenvalue weighted by Crippen LogP contribution is 2.39. The number of ether oxygens (including phenoxy) is 1. The predicted octanol–water partition coefficient (Wildman–Crippen LogP) is 4.14. The highest BCUT2D eigenvalue weighted by atomic mass is 19.1. The minimum atomic E-state index is -0.405. The molecule has 0 aliphatic carbocycles. The highest BCUT2D eigenvalue weighted by Gasteiger charge is 2.26. The summed E-state index contributed by atoms with van der Waals surface area (Å²) in [7, 11) is 5.63. The van der Waals surface area contributed by atoms with Crippen molar-refractivity contribution < 1.29 is 13.9 Å². The Balaban J connectivity index is 1.57. The Bertz CT molecular complexity index is 1650. The standard InChI is InChI=1S/C29H30FN7O3/c1-5-26(38)33-22-12-23(25(40-4)13-24(22)37(3)19-9-10-36(2)16-19)34-29-32-15-21-27(35-29)20(14-31-28(21)39)17-7-6-8-18(30)11-17/h5-8,11-15,19H,1,9-10,16H2,2-4H3,(H,31,39)(H,33,38)(H,32,34,35). The zero-order valence-corrected chi connectivity index (χ0v) is 22.5. The Labute approximate surface area is 230 Å². The van der Waals surface area contributed by atoms with Gasteiger partial charge in [0.2, 0.25) is 11.9 Å². The zero-order chi connectivity index (χ0) is 28.4. The molecule has 206 valence electrons. The van der Waals surface area contributed by atoms with Crippen molar-refractivity contribution >= 4 is 39.8 Å². The molecule has 0 bridgehead atoms. The molecule has 1 atom stereocenters. The smallest absolute Gasteiger partial charge is 0.259 e. The summed E-state index contributed by atoms with van der Waals surface area (Å²) in [5.74, 6) is -0.0639. The topological polar surface area (TPSA) is 115 Å². The summed E-state index contributed by atoms with van der Waals surface area (Å²) in [6.45, 7) is 5.45. The fourth-order valence-electron chi connectivity index (χ4n) is 4.93. The zero-order valence-electron chi connectivity index (χ0n) is 22.5. The number of methoxy groups -OCH3 is 1. The number of fused-ring (bicyclic) bond motifs is 1. The molecule has 5 rings (SSSR count). The molecule has 11 heteroatoms. The third kappa shape index (κ3) is 5.36. The van der Waals surface area contributed by atoms with Crippen LogP contribution < -0.4 is 25.8 Å². The van der Waals surface area contributed by atoms with Gasteiger partial charge in [-0.15, -0.1) is 0 Å². The third-order valence-corrected chi connectivity index (χ3v) is 7.07. The number of likely N-dealkylation sites (tertiary alicyclic amines) is 1. The Morgan fingerprint density at radius 3 is 2.83 bits per heavy atom. The van der Waals surface area contributed by atoms with Crippen LogP contribution in [-0.4, -0.2) is 66.1 Å². The van der Waals surface area contributed by atoms with E-state index in [0.717, 1.165) is 25.2 Å². The molecule has 0 saturated carbocycles. The molecule has 1 fully saturated rings. The first kappa shape index (κ1) is 26.8. The Hall–Kier alpha value is -4.77. The third-order valence-electron chi connectivity index (χ3n) is 7.07. The van der Waals surface area contributed by atoms with Gasteiger partial charge < -0.3 is 30.2 Å². The SMILES string of the molecule is C=CC(=O)Nc1cc(Nc2ncc3c(=O)[nH]cc(-c4cccc(F)c4)c3n2)c(OC)cc1N(C)C1CCN(C)C1. The fraction of sp³-hybridized carbons (Fsp3) is 0.241. The molecule has 2 aromatic heterocycles. The minimum absolute atomic E-state index is 0.188. The number of aromatic nitrogens is 3. The summed E-state index contributed by atoms with van der Waals surface area (Å²) in [4.78, 5) is 40.8. The van der Waals surface area contributed by atoms with Crippen LogP contribution in [-0.2, 0) is 4.79 Å². The van der Waals surface area contributed by atoms with E-state index in [1.807, 2.05) is 13.1 Å². The Morgan fingerprint density at radius 1 is 1.30 bits per heavy atom. The maximum absolute atomic E-state index is 14.0. The number of nitrogens with one attached hydrogen (secondary N) is 3. The molecular formula is C29H30FN7O3. The molecule has 10 nitrogen and oxygen atoms in total. The lowest BCUT2D eigenvalue weighted by molar-refractivity contribution is -0.111. The fourth-order valence-corrected chi connectivity index (χ4v) is 4.93. The lowest BCUT2D eigenvalue weighted by Crippen LogP contribution is -2.34. The highest BCUT2D eigenvalue weighted by molar-refractivity contribution is 6.02. The molecule has 3 heterocycles. The van der Waals surface area contributed by atoms with Crippen LogP contribution in [0, 0.1) is 5.82 Å². The summed E-state index contributed by atoms with van der Waals surface area (Å²) < 4.78 is 19.7. The predicted molar refractivity (Wildman–Crippen MR) is 155 cm³/mol. The maximum Gasteiger partial charge on any atom is 0.259 e. The first-order valence-corrected chi connectivity index (χ1v) is 12.8.